The lowest BCUT2D eigenvalue weighted by Gasteiger charge is -2.27. The van der Waals surface area contributed by atoms with Gasteiger partial charge in [-0.2, -0.15) is 13.5 Å². The molecule has 0 radical (unpaired) electrons. The predicted molar refractivity (Wildman–Crippen MR) is 172 cm³/mol. The van der Waals surface area contributed by atoms with Gasteiger partial charge in [-0.05, 0) is 84.4 Å². The Morgan fingerprint density at radius 1 is 1.07 bits per heavy atom. The highest BCUT2D eigenvalue weighted by Gasteiger charge is 2.67. The molecule has 4 aromatic rings. The summed E-state index contributed by atoms with van der Waals surface area (Å²) in [7, 11) is -3.74. The topological polar surface area (TPSA) is 166 Å². The fraction of sp³-hybridized carbons (Fsp3) is 0.387. The average Bonchev–Trinajstić information content (AvgIpc) is 3.39. The monoisotopic (exact) mass is 709 g/mol. The van der Waals surface area contributed by atoms with Crippen molar-refractivity contribution < 1.29 is 27.0 Å². The third-order valence-electron chi connectivity index (χ3n) is 8.64. The summed E-state index contributed by atoms with van der Waals surface area (Å²) in [5, 5.41) is 8.00. The number of carbonyl (C=O) groups is 3. The van der Waals surface area contributed by atoms with Crippen molar-refractivity contribution in [2.24, 2.45) is 5.41 Å². The normalized spacial score (nSPS) is 20.5. The zero-order chi connectivity index (χ0) is 33.1. The smallest absolute Gasteiger partial charge is 0.264 e. The maximum absolute atomic E-state index is 14.1. The molecule has 2 amide bonds. The van der Waals surface area contributed by atoms with E-state index >= 15 is 0 Å². The number of aryl methyl sites for hydroxylation is 3. The number of likely N-dealkylation sites (tertiary alicyclic amines) is 1. The molecule has 1 unspecified atom stereocenters. The summed E-state index contributed by atoms with van der Waals surface area (Å²) < 4.78 is 30.9. The molecule has 1 saturated carbocycles. The van der Waals surface area contributed by atoms with Crippen LogP contribution in [0, 0.1) is 26.2 Å². The van der Waals surface area contributed by atoms with Gasteiger partial charge in [-0.1, -0.05) is 6.07 Å². The van der Waals surface area contributed by atoms with Crippen LogP contribution in [0.5, 0.6) is 0 Å². The Morgan fingerprint density at radius 3 is 2.46 bits per heavy atom. The van der Waals surface area contributed by atoms with Gasteiger partial charge in [-0.3, -0.25) is 23.2 Å². The van der Waals surface area contributed by atoms with E-state index in [1.807, 2.05) is 19.1 Å². The van der Waals surface area contributed by atoms with E-state index in [1.165, 1.54) is 16.5 Å². The van der Waals surface area contributed by atoms with Gasteiger partial charge in [-0.25, -0.2) is 15.0 Å². The van der Waals surface area contributed by atoms with Crippen molar-refractivity contribution in [3.8, 4) is 11.1 Å². The highest BCUT2D eigenvalue weighted by Crippen LogP contribution is 2.60. The van der Waals surface area contributed by atoms with Crippen molar-refractivity contribution in [2.45, 2.75) is 59.2 Å². The number of ketones is 1. The summed E-state index contributed by atoms with van der Waals surface area (Å²) in [5.74, 6) is -0.107. The number of nitrogens with zero attached hydrogens (tertiary/aromatic N) is 6. The van der Waals surface area contributed by atoms with Gasteiger partial charge in [0.2, 0.25) is 11.8 Å². The fourth-order valence-corrected chi connectivity index (χ4v) is 7.05. The zero-order valence-corrected chi connectivity index (χ0v) is 28.3. The predicted octanol–water partition coefficient (Wildman–Crippen LogP) is 3.75. The highest BCUT2D eigenvalue weighted by atomic mass is 79.9. The second kappa shape index (κ2) is 11.6. The average molecular weight is 711 g/mol. The first kappa shape index (κ1) is 31.9. The van der Waals surface area contributed by atoms with E-state index in [0.717, 1.165) is 28.5 Å². The number of benzene rings is 1. The van der Waals surface area contributed by atoms with Crippen LogP contribution in [0.15, 0.2) is 41.3 Å². The van der Waals surface area contributed by atoms with E-state index in [-0.39, 0.29) is 31.0 Å². The summed E-state index contributed by atoms with van der Waals surface area (Å²) in [5.41, 5.74) is 3.26. The summed E-state index contributed by atoms with van der Waals surface area (Å²) in [6, 6.07) is 6.02. The van der Waals surface area contributed by atoms with Crippen molar-refractivity contribution >= 4 is 60.4 Å². The number of hydrogen-bond acceptors (Lipinski definition) is 10. The Balaban J connectivity index is 1.34. The molecule has 1 aromatic carbocycles. The summed E-state index contributed by atoms with van der Waals surface area (Å²) in [6.45, 7) is 6.52. The van der Waals surface area contributed by atoms with Crippen LogP contribution in [0.25, 0.3) is 22.0 Å². The van der Waals surface area contributed by atoms with Crippen molar-refractivity contribution in [1.82, 2.24) is 29.6 Å². The van der Waals surface area contributed by atoms with Crippen molar-refractivity contribution in [2.75, 3.05) is 18.2 Å². The number of nitrogens with one attached hydrogen (secondary N) is 1. The minimum atomic E-state index is -3.74. The first-order valence-electron chi connectivity index (χ1n) is 14.6. The second-order valence-corrected chi connectivity index (χ2v) is 14.6. The van der Waals surface area contributed by atoms with Crippen molar-refractivity contribution in [3.63, 3.8) is 0 Å². The lowest BCUT2D eigenvalue weighted by Crippen LogP contribution is -2.47. The first-order chi connectivity index (χ1) is 21.7. The molecule has 0 bridgehead atoms. The molecule has 4 heterocycles. The van der Waals surface area contributed by atoms with E-state index in [4.69, 9.17) is 4.18 Å². The summed E-state index contributed by atoms with van der Waals surface area (Å²) in [4.78, 5) is 55.0. The van der Waals surface area contributed by atoms with E-state index in [0.29, 0.717) is 33.6 Å². The molecule has 6 rings (SSSR count). The molecule has 3 atom stereocenters. The first-order valence-corrected chi connectivity index (χ1v) is 17.2. The maximum atomic E-state index is 14.1. The molecular formula is C31H32BrN7O6S. The molecule has 3 aromatic heterocycles. The van der Waals surface area contributed by atoms with Gasteiger partial charge < -0.3 is 10.2 Å². The van der Waals surface area contributed by atoms with Gasteiger partial charge in [0.1, 0.15) is 34.5 Å². The van der Waals surface area contributed by atoms with Gasteiger partial charge >= 0.3 is 0 Å². The van der Waals surface area contributed by atoms with Gasteiger partial charge in [0.05, 0.1) is 18.4 Å². The molecule has 240 valence electrons. The lowest BCUT2D eigenvalue weighted by atomic mass is 10.00. The Labute approximate surface area is 274 Å². The van der Waals surface area contributed by atoms with Gasteiger partial charge in [-0.15, -0.1) is 0 Å². The van der Waals surface area contributed by atoms with Crippen LogP contribution in [-0.4, -0.2) is 80.6 Å². The van der Waals surface area contributed by atoms with Crippen molar-refractivity contribution in [3.05, 3.63) is 63.9 Å². The van der Waals surface area contributed by atoms with Crippen LogP contribution >= 0.6 is 15.9 Å². The Kier molecular flexibility index (Phi) is 8.05. The van der Waals surface area contributed by atoms with E-state index < -0.39 is 39.4 Å². The standard InChI is InChI=1S/C31H32BrN7O6S/c1-16-6-7-25(32)35-29(16)36-30(42)23-10-31(15-45-46(5,43)44)11-24(31)39(23)26(41)14-38-28-17(2)8-20(21-12-33-19(4)34-13-21)9-22(28)27(37-38)18(3)40/h6-9,12-13,23-24H,10-11,14-15H2,1-5H3,(H,35,36,42)/t23-,24?,31-/m0/s1. The number of halogens is 1. The van der Waals surface area contributed by atoms with Crippen molar-refractivity contribution in [1.29, 1.82) is 0 Å². The van der Waals surface area contributed by atoms with Gasteiger partial charge in [0, 0.05) is 41.7 Å². The SMILES string of the molecule is CC(=O)c1nn(CC(=O)N2C3C[C@]3(COS(C)(=O)=O)C[C@H]2C(=O)Nc2nc(Br)ccc2C)c2c(C)cc(-c3cnc(C)nc3)cc12. The minimum absolute atomic E-state index is 0.137. The molecular weight excluding hydrogens is 678 g/mol. The third-order valence-corrected chi connectivity index (χ3v) is 9.63. The van der Waals surface area contributed by atoms with Crippen LogP contribution in [0.3, 0.4) is 0 Å². The molecule has 0 spiro atoms. The number of anilines is 1. The molecule has 2 fully saturated rings. The second-order valence-electron chi connectivity index (χ2n) is 12.1. The largest absolute Gasteiger partial charge is 0.325 e. The molecule has 1 aliphatic carbocycles. The maximum Gasteiger partial charge on any atom is 0.264 e. The Morgan fingerprint density at radius 2 is 1.78 bits per heavy atom. The molecule has 46 heavy (non-hydrogen) atoms. The third kappa shape index (κ3) is 6.06. The number of hydrogen-bond donors (Lipinski definition) is 1. The summed E-state index contributed by atoms with van der Waals surface area (Å²) >= 11 is 3.32. The van der Waals surface area contributed by atoms with Gasteiger partial charge in [0.15, 0.2) is 5.78 Å². The zero-order valence-electron chi connectivity index (χ0n) is 25.9. The molecule has 15 heteroatoms. The number of amides is 2. The van der Waals surface area contributed by atoms with Crippen LogP contribution in [0.1, 0.15) is 47.2 Å². The molecule has 2 aliphatic rings. The van der Waals surface area contributed by atoms with E-state index in [9.17, 15) is 22.8 Å². The highest BCUT2D eigenvalue weighted by molar-refractivity contribution is 9.10. The quantitative estimate of drug-likeness (QED) is 0.154. The number of piperidine rings is 1. The Hall–Kier alpha value is -4.08. The van der Waals surface area contributed by atoms with Crippen LogP contribution < -0.4 is 5.32 Å². The van der Waals surface area contributed by atoms with Crippen LogP contribution in [0.2, 0.25) is 0 Å². The molecule has 1 N–H and O–H groups in total. The minimum Gasteiger partial charge on any atom is -0.325 e. The van der Waals surface area contributed by atoms with E-state index in [2.05, 4.69) is 41.3 Å². The number of carbonyl (C=O) groups excluding carboxylic acids is 3. The Bertz CT molecular complexity index is 2030. The van der Waals surface area contributed by atoms with Crippen LogP contribution in [-0.2, 0) is 30.4 Å². The number of aromatic nitrogens is 5. The van der Waals surface area contributed by atoms with E-state index in [1.54, 1.807) is 38.4 Å². The lowest BCUT2D eigenvalue weighted by molar-refractivity contribution is -0.138. The number of Topliss-reactive ketones (excluding diaryl/α,β-unsaturated/α-hetero) is 1. The molecule has 1 aliphatic heterocycles. The van der Waals surface area contributed by atoms with Crippen LogP contribution in [0.4, 0.5) is 5.82 Å². The number of fused-ring (bicyclic) bond motifs is 2. The number of rotatable bonds is 9. The fourth-order valence-electron chi connectivity index (χ4n) is 6.30. The number of pyridine rings is 1. The molecule has 13 nitrogen and oxygen atoms in total. The van der Waals surface area contributed by atoms with Gasteiger partial charge in [0.25, 0.3) is 10.1 Å². The molecule has 1 saturated heterocycles. The summed E-state index contributed by atoms with van der Waals surface area (Å²) in [6.07, 6.45) is 5.11.